The van der Waals surface area contributed by atoms with Crippen molar-refractivity contribution in [3.05, 3.63) is 24.3 Å². The second-order valence-corrected chi connectivity index (χ2v) is 5.31. The summed E-state index contributed by atoms with van der Waals surface area (Å²) in [6.45, 7) is 2.19. The number of nitrogens with zero attached hydrogens (tertiary/aromatic N) is 2. The van der Waals surface area contributed by atoms with E-state index < -0.39 is 0 Å². The van der Waals surface area contributed by atoms with Gasteiger partial charge >= 0.3 is 6.09 Å². The zero-order valence-electron chi connectivity index (χ0n) is 12.2. The van der Waals surface area contributed by atoms with Gasteiger partial charge in [0.15, 0.2) is 0 Å². The fourth-order valence-electron chi connectivity index (χ4n) is 2.67. The Morgan fingerprint density at radius 3 is 2.45 bits per heavy atom. The van der Waals surface area contributed by atoms with Crippen molar-refractivity contribution in [3.8, 4) is 0 Å². The molecule has 1 aromatic rings. The number of carbonyl (C=O) groups is 2. The lowest BCUT2D eigenvalue weighted by atomic mass is 10.2. The van der Waals surface area contributed by atoms with Crippen molar-refractivity contribution < 1.29 is 19.1 Å². The molecule has 2 amide bonds. The van der Waals surface area contributed by atoms with Gasteiger partial charge in [0.25, 0.3) is 5.91 Å². The quantitative estimate of drug-likeness (QED) is 0.886. The predicted molar refractivity (Wildman–Crippen MR) is 80.9 cm³/mol. The van der Waals surface area contributed by atoms with Crippen LogP contribution in [0.2, 0.25) is 0 Å². The number of cyclic esters (lactones) is 1. The molecule has 2 aliphatic rings. The SMILES string of the molecule is NCCC1CN(c2ccc(N3CCOCC3=O)cc2)C(=O)O1. The Labute approximate surface area is 128 Å². The number of hydrogen-bond donors (Lipinski definition) is 1. The van der Waals surface area contributed by atoms with E-state index in [0.717, 1.165) is 11.4 Å². The molecule has 7 heteroatoms. The zero-order valence-corrected chi connectivity index (χ0v) is 12.2. The molecule has 0 saturated carbocycles. The molecule has 7 nitrogen and oxygen atoms in total. The number of morpholine rings is 1. The number of nitrogens with two attached hydrogens (primary N) is 1. The van der Waals surface area contributed by atoms with Crippen LogP contribution in [0.3, 0.4) is 0 Å². The molecular weight excluding hydrogens is 286 g/mol. The lowest BCUT2D eigenvalue weighted by molar-refractivity contribution is -0.125. The first-order chi connectivity index (χ1) is 10.7. The maximum Gasteiger partial charge on any atom is 0.414 e. The Kier molecular flexibility index (Phi) is 4.26. The van der Waals surface area contributed by atoms with Gasteiger partial charge in [-0.25, -0.2) is 4.79 Å². The average Bonchev–Trinajstić information content (AvgIpc) is 2.89. The minimum Gasteiger partial charge on any atom is -0.444 e. The largest absolute Gasteiger partial charge is 0.444 e. The molecule has 2 fully saturated rings. The van der Waals surface area contributed by atoms with Gasteiger partial charge in [-0.1, -0.05) is 0 Å². The van der Waals surface area contributed by atoms with E-state index in [0.29, 0.717) is 32.7 Å². The van der Waals surface area contributed by atoms with Crippen LogP contribution >= 0.6 is 0 Å². The number of hydrogen-bond acceptors (Lipinski definition) is 5. The average molecular weight is 305 g/mol. The van der Waals surface area contributed by atoms with Gasteiger partial charge in [-0.05, 0) is 37.2 Å². The molecule has 0 radical (unpaired) electrons. The highest BCUT2D eigenvalue weighted by Crippen LogP contribution is 2.26. The standard InChI is InChI=1S/C15H19N3O4/c16-6-5-13-9-18(15(20)22-13)12-3-1-11(2-4-12)17-7-8-21-10-14(17)19/h1-4,13H,5-10,16H2. The number of benzene rings is 1. The Morgan fingerprint density at radius 2 is 1.82 bits per heavy atom. The molecule has 2 aliphatic heterocycles. The van der Waals surface area contributed by atoms with Crippen molar-refractivity contribution in [1.82, 2.24) is 0 Å². The lowest BCUT2D eigenvalue weighted by Crippen LogP contribution is -2.41. The molecule has 0 bridgehead atoms. The van der Waals surface area contributed by atoms with Gasteiger partial charge in [-0.3, -0.25) is 9.69 Å². The summed E-state index contributed by atoms with van der Waals surface area (Å²) in [7, 11) is 0. The van der Waals surface area contributed by atoms with Crippen molar-refractivity contribution in [2.24, 2.45) is 5.73 Å². The minimum atomic E-state index is -0.353. The molecule has 1 atom stereocenters. The van der Waals surface area contributed by atoms with Crippen LogP contribution in [0.5, 0.6) is 0 Å². The highest BCUT2D eigenvalue weighted by atomic mass is 16.6. The summed E-state index contributed by atoms with van der Waals surface area (Å²) in [6.07, 6.45) is 0.148. The van der Waals surface area contributed by atoms with Crippen molar-refractivity contribution in [2.45, 2.75) is 12.5 Å². The summed E-state index contributed by atoms with van der Waals surface area (Å²) in [5.41, 5.74) is 7.06. The van der Waals surface area contributed by atoms with Crippen LogP contribution in [-0.4, -0.2) is 51.0 Å². The third kappa shape index (κ3) is 2.90. The fourth-order valence-corrected chi connectivity index (χ4v) is 2.67. The lowest BCUT2D eigenvalue weighted by Gasteiger charge is -2.27. The summed E-state index contributed by atoms with van der Waals surface area (Å²) in [4.78, 5) is 27.0. The minimum absolute atomic E-state index is 0.0532. The van der Waals surface area contributed by atoms with E-state index in [9.17, 15) is 9.59 Å². The highest BCUT2D eigenvalue weighted by Gasteiger charge is 2.31. The van der Waals surface area contributed by atoms with E-state index in [4.69, 9.17) is 15.2 Å². The molecule has 0 aromatic heterocycles. The van der Waals surface area contributed by atoms with Crippen LogP contribution in [0.4, 0.5) is 16.2 Å². The second-order valence-electron chi connectivity index (χ2n) is 5.31. The third-order valence-electron chi connectivity index (χ3n) is 3.82. The van der Waals surface area contributed by atoms with Crippen LogP contribution in [0.1, 0.15) is 6.42 Å². The number of rotatable bonds is 4. The normalized spacial score (nSPS) is 22.1. The maximum atomic E-state index is 11.9. The Morgan fingerprint density at radius 1 is 1.14 bits per heavy atom. The Hall–Kier alpha value is -2.12. The first-order valence-electron chi connectivity index (χ1n) is 7.35. The summed E-state index contributed by atoms with van der Waals surface area (Å²) >= 11 is 0. The van der Waals surface area contributed by atoms with E-state index in [1.807, 2.05) is 24.3 Å². The smallest absolute Gasteiger partial charge is 0.414 e. The fraction of sp³-hybridized carbons (Fsp3) is 0.467. The molecule has 0 aliphatic carbocycles. The highest BCUT2D eigenvalue weighted by molar-refractivity contribution is 5.95. The number of ether oxygens (including phenoxy) is 2. The van der Waals surface area contributed by atoms with Gasteiger partial charge in [0.1, 0.15) is 12.7 Å². The number of anilines is 2. The third-order valence-corrected chi connectivity index (χ3v) is 3.82. The molecule has 118 valence electrons. The summed E-state index contributed by atoms with van der Waals surface area (Å²) in [5.74, 6) is -0.0532. The summed E-state index contributed by atoms with van der Waals surface area (Å²) in [6, 6.07) is 7.32. The van der Waals surface area contributed by atoms with Crippen molar-refractivity contribution >= 4 is 23.4 Å². The van der Waals surface area contributed by atoms with E-state index in [-0.39, 0.29) is 24.7 Å². The summed E-state index contributed by atoms with van der Waals surface area (Å²) < 4.78 is 10.4. The molecule has 2 saturated heterocycles. The Bertz CT molecular complexity index is 560. The van der Waals surface area contributed by atoms with Crippen LogP contribution in [-0.2, 0) is 14.3 Å². The van der Waals surface area contributed by atoms with E-state index >= 15 is 0 Å². The molecule has 3 rings (SSSR count). The van der Waals surface area contributed by atoms with Crippen LogP contribution < -0.4 is 15.5 Å². The van der Waals surface area contributed by atoms with Crippen molar-refractivity contribution in [2.75, 3.05) is 42.6 Å². The first-order valence-corrected chi connectivity index (χ1v) is 7.35. The van der Waals surface area contributed by atoms with Gasteiger partial charge in [-0.15, -0.1) is 0 Å². The van der Waals surface area contributed by atoms with Gasteiger partial charge in [0.05, 0.1) is 13.2 Å². The van der Waals surface area contributed by atoms with Gasteiger partial charge in [0, 0.05) is 17.9 Å². The van der Waals surface area contributed by atoms with Gasteiger partial charge < -0.3 is 20.1 Å². The molecular formula is C15H19N3O4. The summed E-state index contributed by atoms with van der Waals surface area (Å²) in [5, 5.41) is 0. The molecule has 2 N–H and O–H groups in total. The van der Waals surface area contributed by atoms with E-state index in [2.05, 4.69) is 0 Å². The van der Waals surface area contributed by atoms with Crippen LogP contribution in [0.15, 0.2) is 24.3 Å². The van der Waals surface area contributed by atoms with Gasteiger partial charge in [0.2, 0.25) is 0 Å². The number of carbonyl (C=O) groups excluding carboxylic acids is 2. The molecule has 1 unspecified atom stereocenters. The predicted octanol–water partition coefficient (Wildman–Crippen LogP) is 0.724. The van der Waals surface area contributed by atoms with Gasteiger partial charge in [-0.2, -0.15) is 0 Å². The monoisotopic (exact) mass is 305 g/mol. The van der Waals surface area contributed by atoms with Crippen LogP contribution in [0, 0.1) is 0 Å². The maximum absolute atomic E-state index is 11.9. The molecule has 22 heavy (non-hydrogen) atoms. The molecule has 2 heterocycles. The van der Waals surface area contributed by atoms with Crippen molar-refractivity contribution in [1.29, 1.82) is 0 Å². The zero-order chi connectivity index (χ0) is 15.5. The molecule has 0 spiro atoms. The first kappa shape index (κ1) is 14.8. The van der Waals surface area contributed by atoms with Crippen molar-refractivity contribution in [3.63, 3.8) is 0 Å². The van der Waals surface area contributed by atoms with Crippen LogP contribution in [0.25, 0.3) is 0 Å². The molecule has 1 aromatic carbocycles. The van der Waals surface area contributed by atoms with E-state index in [1.54, 1.807) is 9.80 Å². The van der Waals surface area contributed by atoms with E-state index in [1.165, 1.54) is 0 Å². The number of amides is 2. The second kappa shape index (κ2) is 6.33. The Balaban J connectivity index is 1.71. The topological polar surface area (TPSA) is 85.1 Å².